The number of likely N-dealkylation sites (tertiary alicyclic amines) is 1. The molecule has 3 unspecified atom stereocenters. The van der Waals surface area contributed by atoms with E-state index in [1.807, 2.05) is 6.92 Å². The van der Waals surface area contributed by atoms with Gasteiger partial charge in [-0.15, -0.1) is 0 Å². The number of halogens is 1. The number of carbonyl (C=O) groups is 1. The van der Waals surface area contributed by atoms with Crippen molar-refractivity contribution in [2.75, 3.05) is 18.4 Å². The fraction of sp³-hybridized carbons (Fsp3) is 0.409. The van der Waals surface area contributed by atoms with Crippen LogP contribution < -0.4 is 5.32 Å². The monoisotopic (exact) mass is 352 g/mol. The second-order valence-electron chi connectivity index (χ2n) is 7.98. The Morgan fingerprint density at radius 3 is 2.65 bits per heavy atom. The van der Waals surface area contributed by atoms with Gasteiger partial charge in [0, 0.05) is 24.2 Å². The number of nitrogens with one attached hydrogen (secondary N) is 1. The number of carbonyl (C=O) groups excluding carboxylic acids is 1. The van der Waals surface area contributed by atoms with E-state index in [4.69, 9.17) is 0 Å². The van der Waals surface area contributed by atoms with Crippen LogP contribution >= 0.6 is 0 Å². The van der Waals surface area contributed by atoms with Gasteiger partial charge < -0.3 is 5.32 Å². The molecule has 1 heterocycles. The Kier molecular flexibility index (Phi) is 4.11. The quantitative estimate of drug-likeness (QED) is 0.901. The summed E-state index contributed by atoms with van der Waals surface area (Å²) < 4.78 is 13.7. The summed E-state index contributed by atoms with van der Waals surface area (Å²) in [5.74, 6) is 0.266. The van der Waals surface area contributed by atoms with E-state index in [0.29, 0.717) is 17.2 Å². The van der Waals surface area contributed by atoms with Crippen LogP contribution in [0.5, 0.6) is 0 Å². The molecule has 26 heavy (non-hydrogen) atoms. The molecule has 2 aromatic rings. The van der Waals surface area contributed by atoms with Gasteiger partial charge in [-0.05, 0) is 56.4 Å². The number of hydrogen-bond acceptors (Lipinski definition) is 2. The molecule has 3 atom stereocenters. The lowest BCUT2D eigenvalue weighted by Gasteiger charge is -2.27. The zero-order chi connectivity index (χ0) is 18.5. The second-order valence-corrected chi connectivity index (χ2v) is 7.98. The first kappa shape index (κ1) is 17.2. The van der Waals surface area contributed by atoms with Crippen LogP contribution in [0.1, 0.15) is 30.0 Å². The third-order valence-electron chi connectivity index (χ3n) is 6.17. The smallest absolute Gasteiger partial charge is 0.241 e. The molecule has 0 radical (unpaired) electrons. The van der Waals surface area contributed by atoms with E-state index in [2.05, 4.69) is 41.4 Å². The Morgan fingerprint density at radius 2 is 1.96 bits per heavy atom. The van der Waals surface area contributed by atoms with Crippen molar-refractivity contribution in [3.63, 3.8) is 0 Å². The molecule has 1 aliphatic carbocycles. The van der Waals surface area contributed by atoms with Gasteiger partial charge in [-0.2, -0.15) is 0 Å². The molecule has 4 rings (SSSR count). The highest BCUT2D eigenvalue weighted by molar-refractivity contribution is 5.94. The lowest BCUT2D eigenvalue weighted by molar-refractivity contribution is -0.120. The molecule has 0 bridgehead atoms. The van der Waals surface area contributed by atoms with Gasteiger partial charge in [-0.25, -0.2) is 4.39 Å². The summed E-state index contributed by atoms with van der Waals surface area (Å²) in [6, 6.07) is 13.4. The zero-order valence-electron chi connectivity index (χ0n) is 15.6. The normalized spacial score (nSPS) is 25.6. The largest absolute Gasteiger partial charge is 0.325 e. The number of anilines is 1. The molecule has 1 aliphatic heterocycles. The third kappa shape index (κ3) is 2.92. The summed E-state index contributed by atoms with van der Waals surface area (Å²) >= 11 is 0. The van der Waals surface area contributed by atoms with E-state index >= 15 is 0 Å². The molecule has 0 spiro atoms. The van der Waals surface area contributed by atoms with Crippen LogP contribution in [-0.4, -0.2) is 29.9 Å². The van der Waals surface area contributed by atoms with Crippen molar-refractivity contribution < 1.29 is 9.18 Å². The van der Waals surface area contributed by atoms with Gasteiger partial charge in [0.2, 0.25) is 5.91 Å². The number of aryl methyl sites for hydroxylation is 2. The highest BCUT2D eigenvalue weighted by atomic mass is 19.1. The molecule has 1 amide bonds. The van der Waals surface area contributed by atoms with Crippen molar-refractivity contribution in [3.05, 3.63) is 65.0 Å². The molecule has 0 aromatic heterocycles. The van der Waals surface area contributed by atoms with Crippen LogP contribution in [0.2, 0.25) is 0 Å². The maximum absolute atomic E-state index is 13.7. The minimum atomic E-state index is -0.295. The van der Waals surface area contributed by atoms with E-state index in [9.17, 15) is 9.18 Å². The molecule has 2 aromatic carbocycles. The van der Waals surface area contributed by atoms with Crippen molar-refractivity contribution in [1.82, 2.24) is 4.90 Å². The van der Waals surface area contributed by atoms with Crippen LogP contribution in [0.15, 0.2) is 42.5 Å². The average molecular weight is 352 g/mol. The summed E-state index contributed by atoms with van der Waals surface area (Å²) in [5.41, 5.74) is 3.98. The SMILES string of the molecule is Cc1ccc(C23CC2CN(C(C)C(=O)Nc2ccc(C)c(F)c2)C3)cc1. The van der Waals surface area contributed by atoms with Crippen molar-refractivity contribution in [2.24, 2.45) is 5.92 Å². The van der Waals surface area contributed by atoms with Crippen LogP contribution in [-0.2, 0) is 10.2 Å². The minimum Gasteiger partial charge on any atom is -0.325 e. The van der Waals surface area contributed by atoms with E-state index in [-0.39, 0.29) is 23.2 Å². The Hall–Kier alpha value is -2.20. The molecule has 136 valence electrons. The summed E-state index contributed by atoms with van der Waals surface area (Å²) in [6.07, 6.45) is 1.21. The summed E-state index contributed by atoms with van der Waals surface area (Å²) in [4.78, 5) is 14.9. The van der Waals surface area contributed by atoms with Crippen LogP contribution in [0.3, 0.4) is 0 Å². The standard InChI is InChI=1S/C22H25FN2O/c1-14-4-7-17(8-5-14)22-11-18(22)12-25(13-22)16(3)21(26)24-19-9-6-15(2)20(23)10-19/h4-10,16,18H,11-13H2,1-3H3,(H,24,26). The highest BCUT2D eigenvalue weighted by Crippen LogP contribution is 2.59. The number of hydrogen-bond donors (Lipinski definition) is 1. The lowest BCUT2D eigenvalue weighted by Crippen LogP contribution is -2.42. The van der Waals surface area contributed by atoms with E-state index in [1.54, 1.807) is 19.1 Å². The Bertz CT molecular complexity index is 848. The first-order valence-corrected chi connectivity index (χ1v) is 9.27. The predicted octanol–water partition coefficient (Wildman–Crippen LogP) is 4.04. The highest BCUT2D eigenvalue weighted by Gasteiger charge is 2.61. The topological polar surface area (TPSA) is 32.3 Å². The second kappa shape index (κ2) is 6.20. The Balaban J connectivity index is 1.43. The molecule has 1 N–H and O–H groups in total. The number of rotatable bonds is 4. The predicted molar refractivity (Wildman–Crippen MR) is 102 cm³/mol. The number of piperidine rings is 1. The van der Waals surface area contributed by atoms with E-state index in [1.165, 1.54) is 23.6 Å². The number of benzene rings is 2. The lowest BCUT2D eigenvalue weighted by atomic mass is 9.94. The van der Waals surface area contributed by atoms with Gasteiger partial charge in [-0.3, -0.25) is 9.69 Å². The third-order valence-corrected chi connectivity index (χ3v) is 6.17. The first-order valence-electron chi connectivity index (χ1n) is 9.27. The molecule has 4 heteroatoms. The van der Waals surface area contributed by atoms with Crippen LogP contribution in [0.4, 0.5) is 10.1 Å². The first-order chi connectivity index (χ1) is 12.4. The number of nitrogens with zero attached hydrogens (tertiary/aromatic N) is 1. The fourth-order valence-corrected chi connectivity index (χ4v) is 4.23. The molecule has 2 fully saturated rings. The molecular weight excluding hydrogens is 327 g/mol. The van der Waals surface area contributed by atoms with Gasteiger partial charge in [0.05, 0.1) is 6.04 Å². The molecule has 3 nitrogen and oxygen atoms in total. The molecule has 2 aliphatic rings. The molecular formula is C22H25FN2O. The molecule has 1 saturated heterocycles. The van der Waals surface area contributed by atoms with Crippen molar-refractivity contribution in [3.8, 4) is 0 Å². The van der Waals surface area contributed by atoms with E-state index < -0.39 is 0 Å². The average Bonchev–Trinajstić information content (AvgIpc) is 3.19. The van der Waals surface area contributed by atoms with Gasteiger partial charge in [0.1, 0.15) is 5.82 Å². The van der Waals surface area contributed by atoms with Crippen molar-refractivity contribution in [1.29, 1.82) is 0 Å². The summed E-state index contributed by atoms with van der Waals surface area (Å²) in [5, 5.41) is 2.86. The summed E-state index contributed by atoms with van der Waals surface area (Å²) in [6.45, 7) is 7.62. The number of amides is 1. The van der Waals surface area contributed by atoms with Gasteiger partial charge >= 0.3 is 0 Å². The van der Waals surface area contributed by atoms with Gasteiger partial charge in [0.15, 0.2) is 0 Å². The fourth-order valence-electron chi connectivity index (χ4n) is 4.23. The van der Waals surface area contributed by atoms with Crippen molar-refractivity contribution in [2.45, 2.75) is 38.6 Å². The Morgan fingerprint density at radius 1 is 1.23 bits per heavy atom. The van der Waals surface area contributed by atoms with E-state index in [0.717, 1.165) is 13.1 Å². The summed E-state index contributed by atoms with van der Waals surface area (Å²) in [7, 11) is 0. The van der Waals surface area contributed by atoms with Crippen LogP contribution in [0, 0.1) is 25.6 Å². The van der Waals surface area contributed by atoms with Gasteiger partial charge in [-0.1, -0.05) is 35.9 Å². The maximum atomic E-state index is 13.7. The zero-order valence-corrected chi connectivity index (χ0v) is 15.6. The van der Waals surface area contributed by atoms with Crippen LogP contribution in [0.25, 0.3) is 0 Å². The van der Waals surface area contributed by atoms with Crippen molar-refractivity contribution >= 4 is 11.6 Å². The number of fused-ring (bicyclic) bond motifs is 1. The van der Waals surface area contributed by atoms with Gasteiger partial charge in [0.25, 0.3) is 0 Å². The molecule has 1 saturated carbocycles. The minimum absolute atomic E-state index is 0.0754. The Labute approximate surface area is 154 Å². The maximum Gasteiger partial charge on any atom is 0.241 e.